The van der Waals surface area contributed by atoms with Crippen LogP contribution >= 0.6 is 0 Å². The number of carbonyl (C=O) groups is 3. The predicted molar refractivity (Wildman–Crippen MR) is 257 cm³/mol. The van der Waals surface area contributed by atoms with E-state index in [1.807, 2.05) is 13.8 Å². The van der Waals surface area contributed by atoms with Crippen molar-refractivity contribution >= 4 is 19.2 Å². The maximum atomic E-state index is 9.89. The number of nitrogens with zero attached hydrogens (tertiary/aromatic N) is 1. The Hall–Kier alpha value is -1.47. The minimum Gasteiger partial charge on any atom is -0.483 e. The van der Waals surface area contributed by atoms with E-state index < -0.39 is 0 Å². The van der Waals surface area contributed by atoms with E-state index in [4.69, 9.17) is 25.5 Å². The van der Waals surface area contributed by atoms with Crippen molar-refractivity contribution in [2.45, 2.75) is 279 Å². The second-order valence-corrected chi connectivity index (χ2v) is 16.3. The van der Waals surface area contributed by atoms with E-state index in [0.29, 0.717) is 0 Å². The summed E-state index contributed by atoms with van der Waals surface area (Å²) in [5, 5.41) is 13.8. The molecule has 0 fully saturated rings. The molecule has 0 aliphatic carbocycles. The van der Waals surface area contributed by atoms with Crippen LogP contribution in [-0.4, -0.2) is 60.5 Å². The summed E-state index contributed by atoms with van der Waals surface area (Å²) in [4.78, 5) is 29.3. The molecule has 4 N–H and O–H groups in total. The average Bonchev–Trinajstić information content (AvgIpc) is 3.23. The summed E-state index contributed by atoms with van der Waals surface area (Å²) in [7, 11) is 0. The van der Waals surface area contributed by atoms with E-state index in [1.165, 1.54) is 238 Å². The molecule has 58 heavy (non-hydrogen) atoms. The first-order valence-electron chi connectivity index (χ1n) is 25.5. The smallest absolute Gasteiger partial charge is 0.290 e. The Bertz CT molecular complexity index is 659. The zero-order valence-corrected chi connectivity index (χ0v) is 40.4. The van der Waals surface area contributed by atoms with Crippen LogP contribution in [0.3, 0.4) is 0 Å². The first kappa shape index (κ1) is 65.6. The number of hydrogen-bond donors (Lipinski definition) is 3. The van der Waals surface area contributed by atoms with Gasteiger partial charge in [-0.2, -0.15) is 0 Å². The highest BCUT2D eigenvalue weighted by molar-refractivity contribution is 5.48. The normalized spacial score (nSPS) is 10.4. The molecule has 0 bridgehead atoms. The van der Waals surface area contributed by atoms with E-state index in [-0.39, 0.29) is 12.9 Å². The summed E-state index contributed by atoms with van der Waals surface area (Å²) >= 11 is 0. The van der Waals surface area contributed by atoms with E-state index >= 15 is 0 Å². The van der Waals surface area contributed by atoms with Gasteiger partial charge in [0.05, 0.1) is 0 Å². The van der Waals surface area contributed by atoms with Gasteiger partial charge in [0, 0.05) is 6.42 Å². The minimum atomic E-state index is -0.250. The number of unbranched alkanes of at least 4 members (excludes halogenated alkanes) is 28. The van der Waals surface area contributed by atoms with Crippen LogP contribution in [0.15, 0.2) is 0 Å². The third kappa shape index (κ3) is 72.2. The molecule has 352 valence electrons. The minimum absolute atomic E-state index is 0.250. The number of aldehydes is 1. The molecule has 0 saturated carbocycles. The Morgan fingerprint density at radius 1 is 0.397 bits per heavy atom. The maximum absolute atomic E-state index is 9.89. The van der Waals surface area contributed by atoms with Crippen LogP contribution in [0.25, 0.3) is 0 Å². The van der Waals surface area contributed by atoms with Gasteiger partial charge in [0.15, 0.2) is 0 Å². The molecule has 0 spiro atoms. The van der Waals surface area contributed by atoms with Crippen LogP contribution in [0, 0.1) is 5.92 Å². The fraction of sp³-hybridized carbons (Fsp3) is 0.941. The van der Waals surface area contributed by atoms with Crippen molar-refractivity contribution in [1.82, 2.24) is 4.90 Å². The highest BCUT2D eigenvalue weighted by atomic mass is 16.3. The van der Waals surface area contributed by atoms with Gasteiger partial charge in [-0.05, 0) is 57.8 Å². The molecule has 0 atom stereocenters. The van der Waals surface area contributed by atoms with Crippen molar-refractivity contribution in [3.8, 4) is 0 Å². The van der Waals surface area contributed by atoms with E-state index in [9.17, 15) is 4.79 Å². The SMILES string of the molecule is CC.CCCCCCCCC=O.CCCCCCCCCCCN(CCCN)CCCCCCCC(CCCCCCCC)CCCCCCCC.O=CO.O=CO. The van der Waals surface area contributed by atoms with Crippen molar-refractivity contribution in [2.24, 2.45) is 11.7 Å². The van der Waals surface area contributed by atoms with E-state index in [0.717, 1.165) is 38.0 Å². The lowest BCUT2D eigenvalue weighted by Crippen LogP contribution is -2.28. The second kappa shape index (κ2) is 70.1. The number of carbonyl (C=O) groups excluding carboxylic acids is 1. The summed E-state index contributed by atoms with van der Waals surface area (Å²) < 4.78 is 0. The molecule has 0 saturated heterocycles. The summed E-state index contributed by atoms with van der Waals surface area (Å²) in [5.74, 6) is 1.01. The van der Waals surface area contributed by atoms with Crippen LogP contribution in [0.4, 0.5) is 0 Å². The Morgan fingerprint density at radius 3 is 0.914 bits per heavy atom. The van der Waals surface area contributed by atoms with Gasteiger partial charge in [0.2, 0.25) is 0 Å². The fourth-order valence-corrected chi connectivity index (χ4v) is 7.46. The molecule has 0 heterocycles. The number of carboxylic acid groups (broad SMARTS) is 2. The van der Waals surface area contributed by atoms with Crippen LogP contribution in [0.5, 0.6) is 0 Å². The molecule has 0 aliphatic heterocycles. The van der Waals surface area contributed by atoms with Crippen molar-refractivity contribution < 1.29 is 24.6 Å². The lowest BCUT2D eigenvalue weighted by atomic mass is 9.89. The Labute approximate surface area is 364 Å². The molecule has 0 aromatic carbocycles. The standard InChI is InChI=1S/C38H80N2.C9H18O.C2H6.2CH2O2/c1-4-7-10-13-16-17-18-23-28-35-40(37-30-34-39)36-29-24-19-22-27-33-38(31-25-20-14-11-8-5-2)32-26-21-15-12-9-6-3;1-2-3-4-5-6-7-8-9-10;1-2;2*2-1-3/h38H,4-37,39H2,1-3H3;9H,2-8H2,1H3;1-2H3;2*1H,(H,2,3). The van der Waals surface area contributed by atoms with Crippen molar-refractivity contribution in [1.29, 1.82) is 0 Å². The zero-order chi connectivity index (χ0) is 44.3. The van der Waals surface area contributed by atoms with Gasteiger partial charge in [-0.3, -0.25) is 9.59 Å². The highest BCUT2D eigenvalue weighted by Crippen LogP contribution is 2.25. The molecule has 0 aromatic rings. The van der Waals surface area contributed by atoms with Gasteiger partial charge >= 0.3 is 0 Å². The summed E-state index contributed by atoms with van der Waals surface area (Å²) in [6.45, 7) is 17.3. The van der Waals surface area contributed by atoms with Gasteiger partial charge in [-0.15, -0.1) is 0 Å². The summed E-state index contributed by atoms with van der Waals surface area (Å²) in [6.07, 6.45) is 52.5. The van der Waals surface area contributed by atoms with Crippen molar-refractivity contribution in [3.63, 3.8) is 0 Å². The summed E-state index contributed by atoms with van der Waals surface area (Å²) in [5.41, 5.74) is 5.84. The monoisotopic (exact) mass is 829 g/mol. The lowest BCUT2D eigenvalue weighted by Gasteiger charge is -2.22. The number of rotatable bonds is 42. The molecule has 0 unspecified atom stereocenters. The zero-order valence-electron chi connectivity index (χ0n) is 40.4. The average molecular weight is 829 g/mol. The molecule has 0 radical (unpaired) electrons. The van der Waals surface area contributed by atoms with Crippen LogP contribution in [-0.2, 0) is 14.4 Å². The molecular formula is C51H108N2O5. The molecule has 0 amide bonds. The Kier molecular flexibility index (Phi) is 79.4. The topological polar surface area (TPSA) is 121 Å². The first-order chi connectivity index (χ1) is 28.5. The largest absolute Gasteiger partial charge is 0.483 e. The maximum Gasteiger partial charge on any atom is 0.290 e. The number of hydrogen-bond acceptors (Lipinski definition) is 5. The van der Waals surface area contributed by atoms with Gasteiger partial charge in [0.25, 0.3) is 12.9 Å². The van der Waals surface area contributed by atoms with Gasteiger partial charge in [-0.25, -0.2) is 0 Å². The third-order valence-corrected chi connectivity index (χ3v) is 11.0. The lowest BCUT2D eigenvalue weighted by molar-refractivity contribution is -0.123. The molecule has 0 rings (SSSR count). The third-order valence-electron chi connectivity index (χ3n) is 11.0. The first-order valence-corrected chi connectivity index (χ1v) is 25.5. The van der Waals surface area contributed by atoms with Crippen molar-refractivity contribution in [3.05, 3.63) is 0 Å². The Morgan fingerprint density at radius 2 is 0.638 bits per heavy atom. The predicted octanol–water partition coefficient (Wildman–Crippen LogP) is 16.0. The van der Waals surface area contributed by atoms with Gasteiger partial charge < -0.3 is 25.6 Å². The quantitative estimate of drug-likeness (QED) is 0.0414. The molecular weight excluding hydrogens is 721 g/mol. The fourth-order valence-electron chi connectivity index (χ4n) is 7.46. The summed E-state index contributed by atoms with van der Waals surface area (Å²) in [6, 6.07) is 0. The van der Waals surface area contributed by atoms with E-state index in [2.05, 4.69) is 32.6 Å². The van der Waals surface area contributed by atoms with Crippen LogP contribution in [0.2, 0.25) is 0 Å². The molecule has 0 aromatic heterocycles. The molecule has 7 nitrogen and oxygen atoms in total. The van der Waals surface area contributed by atoms with E-state index in [1.54, 1.807) is 0 Å². The van der Waals surface area contributed by atoms with Crippen molar-refractivity contribution in [2.75, 3.05) is 26.2 Å². The Balaban J connectivity index is -0.000000432. The van der Waals surface area contributed by atoms with Crippen LogP contribution in [0.1, 0.15) is 279 Å². The second-order valence-electron chi connectivity index (χ2n) is 16.3. The van der Waals surface area contributed by atoms with Gasteiger partial charge in [-0.1, -0.05) is 247 Å². The molecule has 0 aliphatic rings. The van der Waals surface area contributed by atoms with Gasteiger partial charge in [0.1, 0.15) is 6.29 Å². The van der Waals surface area contributed by atoms with Crippen LogP contribution < -0.4 is 5.73 Å². The number of nitrogens with two attached hydrogens (primary N) is 1. The highest BCUT2D eigenvalue weighted by Gasteiger charge is 2.09. The molecule has 7 heteroatoms.